The maximum Gasteiger partial charge on any atom is 0.239 e. The van der Waals surface area contributed by atoms with Gasteiger partial charge in [0.2, 0.25) is 11.8 Å². The van der Waals surface area contributed by atoms with Gasteiger partial charge in [-0.15, -0.1) is 10.2 Å². The molecule has 1 amide bonds. The molecule has 1 saturated carbocycles. The zero-order chi connectivity index (χ0) is 13.0. The largest absolute Gasteiger partial charge is 0.476 e. The molecule has 2 rings (SSSR count). The first kappa shape index (κ1) is 13.3. The van der Waals surface area contributed by atoms with Gasteiger partial charge in [-0.3, -0.25) is 4.79 Å². The molecule has 6 heteroatoms. The standard InChI is InChI=1S/C12H16BrN3O2/c1-8(13)12(17)14-10-5-6-11(16-15-10)18-7-9-3-2-4-9/h5-6,8-9H,2-4,7H2,1H3,(H,14,15,17). The fourth-order valence-corrected chi connectivity index (χ4v) is 1.67. The second-order valence-corrected chi connectivity index (χ2v) is 5.84. The second-order valence-electron chi connectivity index (χ2n) is 4.47. The lowest BCUT2D eigenvalue weighted by molar-refractivity contribution is -0.115. The number of nitrogens with one attached hydrogen (secondary N) is 1. The summed E-state index contributed by atoms with van der Waals surface area (Å²) in [5, 5.41) is 10.5. The van der Waals surface area contributed by atoms with Crippen LogP contribution in [0.4, 0.5) is 5.82 Å². The Morgan fingerprint density at radius 3 is 2.83 bits per heavy atom. The molecule has 1 heterocycles. The third-order valence-electron chi connectivity index (χ3n) is 2.94. The highest BCUT2D eigenvalue weighted by molar-refractivity contribution is 9.10. The molecule has 1 unspecified atom stereocenters. The fraction of sp³-hybridized carbons (Fsp3) is 0.583. The van der Waals surface area contributed by atoms with Crippen molar-refractivity contribution in [1.82, 2.24) is 10.2 Å². The molecule has 1 fully saturated rings. The maximum atomic E-state index is 11.4. The predicted octanol–water partition coefficient (Wildman–Crippen LogP) is 2.38. The summed E-state index contributed by atoms with van der Waals surface area (Å²) in [5.74, 6) is 1.46. The van der Waals surface area contributed by atoms with E-state index in [-0.39, 0.29) is 10.7 Å². The zero-order valence-corrected chi connectivity index (χ0v) is 11.8. The minimum atomic E-state index is -0.256. The van der Waals surface area contributed by atoms with Crippen LogP contribution in [0.5, 0.6) is 5.88 Å². The Bertz CT molecular complexity index is 404. The molecule has 0 aliphatic heterocycles. The van der Waals surface area contributed by atoms with E-state index < -0.39 is 0 Å². The Morgan fingerprint density at radius 1 is 1.56 bits per heavy atom. The number of amides is 1. The molecule has 1 aliphatic carbocycles. The normalized spacial score (nSPS) is 16.8. The molecule has 0 spiro atoms. The van der Waals surface area contributed by atoms with E-state index in [1.54, 1.807) is 19.1 Å². The van der Waals surface area contributed by atoms with Crippen LogP contribution in [0.1, 0.15) is 26.2 Å². The van der Waals surface area contributed by atoms with Crippen molar-refractivity contribution in [3.63, 3.8) is 0 Å². The lowest BCUT2D eigenvalue weighted by atomic mass is 9.86. The van der Waals surface area contributed by atoms with Crippen molar-refractivity contribution in [2.45, 2.75) is 31.0 Å². The van der Waals surface area contributed by atoms with Gasteiger partial charge in [0.15, 0.2) is 5.82 Å². The molecule has 1 atom stereocenters. The van der Waals surface area contributed by atoms with Crippen molar-refractivity contribution in [1.29, 1.82) is 0 Å². The smallest absolute Gasteiger partial charge is 0.239 e. The number of hydrogen-bond acceptors (Lipinski definition) is 4. The van der Waals surface area contributed by atoms with Gasteiger partial charge in [0, 0.05) is 6.07 Å². The Morgan fingerprint density at radius 2 is 2.33 bits per heavy atom. The number of alkyl halides is 1. The van der Waals surface area contributed by atoms with Gasteiger partial charge < -0.3 is 10.1 Å². The number of carbonyl (C=O) groups is 1. The molecule has 1 aromatic rings. The first-order valence-corrected chi connectivity index (χ1v) is 6.98. The minimum Gasteiger partial charge on any atom is -0.476 e. The van der Waals surface area contributed by atoms with Gasteiger partial charge in [-0.2, -0.15) is 0 Å². The summed E-state index contributed by atoms with van der Waals surface area (Å²) >= 11 is 3.18. The quantitative estimate of drug-likeness (QED) is 0.848. The van der Waals surface area contributed by atoms with Gasteiger partial charge in [0.25, 0.3) is 0 Å². The molecule has 0 saturated heterocycles. The summed E-state index contributed by atoms with van der Waals surface area (Å²) in [4.78, 5) is 11.1. The van der Waals surface area contributed by atoms with Crippen LogP contribution in [-0.2, 0) is 4.79 Å². The number of anilines is 1. The molecule has 0 radical (unpaired) electrons. The number of aromatic nitrogens is 2. The molecule has 0 aromatic carbocycles. The Balaban J connectivity index is 1.82. The van der Waals surface area contributed by atoms with Crippen molar-refractivity contribution in [3.8, 4) is 5.88 Å². The van der Waals surface area contributed by atoms with Gasteiger partial charge in [-0.25, -0.2) is 0 Å². The lowest BCUT2D eigenvalue weighted by Crippen LogP contribution is -2.21. The highest BCUT2D eigenvalue weighted by atomic mass is 79.9. The van der Waals surface area contributed by atoms with Crippen molar-refractivity contribution in [2.24, 2.45) is 5.92 Å². The number of rotatable bonds is 5. The third kappa shape index (κ3) is 3.66. The minimum absolute atomic E-state index is 0.146. The first-order valence-electron chi connectivity index (χ1n) is 6.06. The Labute approximate surface area is 114 Å². The molecular weight excluding hydrogens is 298 g/mol. The summed E-state index contributed by atoms with van der Waals surface area (Å²) < 4.78 is 5.52. The second kappa shape index (κ2) is 6.13. The molecule has 0 bridgehead atoms. The summed E-state index contributed by atoms with van der Waals surface area (Å²) in [5.41, 5.74) is 0. The predicted molar refractivity (Wildman–Crippen MR) is 71.9 cm³/mol. The van der Waals surface area contributed by atoms with Crippen LogP contribution in [0.2, 0.25) is 0 Å². The van der Waals surface area contributed by atoms with E-state index in [1.165, 1.54) is 19.3 Å². The first-order chi connectivity index (χ1) is 8.65. The number of carbonyl (C=O) groups excluding carboxylic acids is 1. The van der Waals surface area contributed by atoms with Crippen LogP contribution in [0.25, 0.3) is 0 Å². The van der Waals surface area contributed by atoms with E-state index in [0.717, 1.165) is 0 Å². The number of halogens is 1. The summed E-state index contributed by atoms with van der Waals surface area (Å²) in [6.07, 6.45) is 3.78. The van der Waals surface area contributed by atoms with E-state index in [1.807, 2.05) is 0 Å². The summed E-state index contributed by atoms with van der Waals surface area (Å²) in [6.45, 7) is 2.46. The van der Waals surface area contributed by atoms with E-state index in [2.05, 4.69) is 31.4 Å². The maximum absolute atomic E-state index is 11.4. The Kier molecular flexibility index (Phi) is 4.52. The molecule has 5 nitrogen and oxygen atoms in total. The van der Waals surface area contributed by atoms with Crippen molar-refractivity contribution in [2.75, 3.05) is 11.9 Å². The summed E-state index contributed by atoms with van der Waals surface area (Å²) in [6, 6.07) is 3.41. The molecule has 1 N–H and O–H groups in total. The third-order valence-corrected chi connectivity index (χ3v) is 3.36. The molecular formula is C12H16BrN3O2. The average Bonchev–Trinajstić information content (AvgIpc) is 2.29. The topological polar surface area (TPSA) is 64.1 Å². The van der Waals surface area contributed by atoms with Gasteiger partial charge in [0.05, 0.1) is 11.4 Å². The lowest BCUT2D eigenvalue weighted by Gasteiger charge is -2.24. The van der Waals surface area contributed by atoms with Crippen molar-refractivity contribution < 1.29 is 9.53 Å². The van der Waals surface area contributed by atoms with E-state index in [4.69, 9.17) is 4.74 Å². The van der Waals surface area contributed by atoms with Crippen LogP contribution in [0.15, 0.2) is 12.1 Å². The molecule has 18 heavy (non-hydrogen) atoms. The van der Waals surface area contributed by atoms with Gasteiger partial charge in [-0.05, 0) is 31.7 Å². The fourth-order valence-electron chi connectivity index (χ4n) is 1.55. The number of ether oxygens (including phenoxy) is 1. The van der Waals surface area contributed by atoms with Gasteiger partial charge >= 0.3 is 0 Å². The highest BCUT2D eigenvalue weighted by Gasteiger charge is 2.18. The molecule has 98 valence electrons. The molecule has 1 aliphatic rings. The van der Waals surface area contributed by atoms with Crippen LogP contribution >= 0.6 is 15.9 Å². The van der Waals surface area contributed by atoms with E-state index in [9.17, 15) is 4.79 Å². The summed E-state index contributed by atoms with van der Waals surface area (Å²) in [7, 11) is 0. The van der Waals surface area contributed by atoms with Crippen LogP contribution in [-0.4, -0.2) is 27.5 Å². The van der Waals surface area contributed by atoms with Crippen molar-refractivity contribution in [3.05, 3.63) is 12.1 Å². The average molecular weight is 314 g/mol. The van der Waals surface area contributed by atoms with E-state index in [0.29, 0.717) is 24.2 Å². The van der Waals surface area contributed by atoms with Crippen molar-refractivity contribution >= 4 is 27.7 Å². The van der Waals surface area contributed by atoms with E-state index >= 15 is 0 Å². The number of nitrogens with zero attached hydrogens (tertiary/aromatic N) is 2. The van der Waals surface area contributed by atoms with Crippen LogP contribution < -0.4 is 10.1 Å². The highest BCUT2D eigenvalue weighted by Crippen LogP contribution is 2.26. The SMILES string of the molecule is CC(Br)C(=O)Nc1ccc(OCC2CCC2)nn1. The monoisotopic (exact) mass is 313 g/mol. The van der Waals surface area contributed by atoms with Gasteiger partial charge in [-0.1, -0.05) is 22.4 Å². The van der Waals surface area contributed by atoms with Gasteiger partial charge in [0.1, 0.15) is 0 Å². The van der Waals surface area contributed by atoms with Crippen LogP contribution in [0, 0.1) is 5.92 Å². The zero-order valence-electron chi connectivity index (χ0n) is 10.2. The number of hydrogen-bond donors (Lipinski definition) is 1. The Hall–Kier alpha value is -1.17. The molecule has 1 aromatic heterocycles. The van der Waals surface area contributed by atoms with Crippen LogP contribution in [0.3, 0.4) is 0 Å².